The number of fused-ring (bicyclic) bond motifs is 1. The Morgan fingerprint density at radius 1 is 1.11 bits per heavy atom. The van der Waals surface area contributed by atoms with Gasteiger partial charge in [-0.1, -0.05) is 35.3 Å². The molecule has 3 rings (SSSR count). The fraction of sp³-hybridized carbons (Fsp3) is 0.0714. The van der Waals surface area contributed by atoms with Crippen LogP contribution in [0, 0.1) is 6.92 Å². The lowest BCUT2D eigenvalue weighted by Crippen LogP contribution is -1.90. The second-order valence-electron chi connectivity index (χ2n) is 4.17. The number of hydrogen-bond donors (Lipinski definition) is 0. The summed E-state index contributed by atoms with van der Waals surface area (Å²) in [6.45, 7) is 2.03. The number of rotatable bonds is 1. The molecule has 4 heteroatoms. The van der Waals surface area contributed by atoms with Crippen molar-refractivity contribution in [2.45, 2.75) is 6.92 Å². The Morgan fingerprint density at radius 2 is 1.89 bits per heavy atom. The minimum absolute atomic E-state index is 0.494. The lowest BCUT2D eigenvalue weighted by Gasteiger charge is -2.03. The Hall–Kier alpha value is -1.51. The first-order valence-electron chi connectivity index (χ1n) is 5.56. The van der Waals surface area contributed by atoms with E-state index in [0.29, 0.717) is 10.2 Å². The van der Waals surface area contributed by atoms with Gasteiger partial charge in [0.1, 0.15) is 5.82 Å². The molecule has 0 bridgehead atoms. The average molecular weight is 277 g/mol. The first kappa shape index (κ1) is 11.6. The molecule has 1 aromatic carbocycles. The summed E-state index contributed by atoms with van der Waals surface area (Å²) in [5.74, 6) is 0.764. The zero-order chi connectivity index (χ0) is 12.7. The monoisotopic (exact) mass is 276 g/mol. The van der Waals surface area contributed by atoms with Crippen LogP contribution >= 0.6 is 23.2 Å². The number of halogens is 2. The highest BCUT2D eigenvalue weighted by atomic mass is 35.5. The normalized spacial score (nSPS) is 11.1. The molecule has 2 aromatic heterocycles. The van der Waals surface area contributed by atoms with Crippen molar-refractivity contribution in [2.24, 2.45) is 0 Å². The second-order valence-corrected chi connectivity index (χ2v) is 4.93. The van der Waals surface area contributed by atoms with E-state index in [0.717, 1.165) is 22.5 Å². The van der Waals surface area contributed by atoms with Crippen molar-refractivity contribution in [2.75, 3.05) is 0 Å². The largest absolute Gasteiger partial charge is 0.298 e. The Kier molecular flexibility index (Phi) is 2.77. The maximum absolute atomic E-state index is 6.20. The van der Waals surface area contributed by atoms with E-state index in [1.54, 1.807) is 0 Å². The number of imidazole rings is 1. The highest BCUT2D eigenvalue weighted by molar-refractivity contribution is 6.34. The molecule has 0 radical (unpaired) electrons. The Balaban J connectivity index is 2.34. The van der Waals surface area contributed by atoms with Crippen molar-refractivity contribution >= 4 is 28.7 Å². The summed E-state index contributed by atoms with van der Waals surface area (Å²) >= 11 is 12.4. The second kappa shape index (κ2) is 4.30. The molecule has 0 unspecified atom stereocenters. The number of nitrogens with zero attached hydrogens (tertiary/aromatic N) is 2. The maximum Gasteiger partial charge on any atom is 0.155 e. The summed E-state index contributed by atoms with van der Waals surface area (Å²) in [4.78, 5) is 4.41. The minimum atomic E-state index is 0.494. The van der Waals surface area contributed by atoms with Gasteiger partial charge in [-0.3, -0.25) is 4.40 Å². The molecule has 0 aliphatic carbocycles. The lowest BCUT2D eigenvalue weighted by molar-refractivity contribution is 1.15. The molecule has 3 aromatic rings. The third-order valence-electron chi connectivity index (χ3n) is 2.87. The summed E-state index contributed by atoms with van der Waals surface area (Å²) < 4.78 is 1.95. The van der Waals surface area contributed by atoms with E-state index in [9.17, 15) is 0 Å². The summed E-state index contributed by atoms with van der Waals surface area (Å²) in [6, 6.07) is 11.6. The van der Waals surface area contributed by atoms with Crippen molar-refractivity contribution in [3.8, 4) is 11.4 Å². The van der Waals surface area contributed by atoms with E-state index >= 15 is 0 Å². The molecule has 0 amide bonds. The topological polar surface area (TPSA) is 17.3 Å². The van der Waals surface area contributed by atoms with E-state index in [2.05, 4.69) is 4.98 Å². The van der Waals surface area contributed by atoms with Gasteiger partial charge in [0.05, 0.1) is 10.5 Å². The molecular weight excluding hydrogens is 267 g/mol. The van der Waals surface area contributed by atoms with Gasteiger partial charge in [0.15, 0.2) is 5.15 Å². The number of hydrogen-bond acceptors (Lipinski definition) is 1. The predicted octanol–water partition coefficient (Wildman–Crippen LogP) is 4.62. The first-order valence-corrected chi connectivity index (χ1v) is 6.31. The van der Waals surface area contributed by atoms with Gasteiger partial charge in [0, 0.05) is 11.8 Å². The van der Waals surface area contributed by atoms with Crippen molar-refractivity contribution in [3.63, 3.8) is 0 Å². The van der Waals surface area contributed by atoms with E-state index in [4.69, 9.17) is 23.2 Å². The van der Waals surface area contributed by atoms with Gasteiger partial charge in [-0.25, -0.2) is 4.98 Å². The molecule has 2 heterocycles. The highest BCUT2D eigenvalue weighted by Crippen LogP contribution is 2.30. The number of aryl methyl sites for hydroxylation is 1. The highest BCUT2D eigenvalue weighted by Gasteiger charge is 2.13. The van der Waals surface area contributed by atoms with Crippen molar-refractivity contribution < 1.29 is 0 Å². The van der Waals surface area contributed by atoms with E-state index in [-0.39, 0.29) is 0 Å². The van der Waals surface area contributed by atoms with Crippen LogP contribution in [0.4, 0.5) is 0 Å². The van der Waals surface area contributed by atoms with Gasteiger partial charge in [-0.2, -0.15) is 0 Å². The molecule has 0 spiro atoms. The summed E-state index contributed by atoms with van der Waals surface area (Å²) in [5, 5.41) is 1.16. The van der Waals surface area contributed by atoms with Crippen LogP contribution in [0.5, 0.6) is 0 Å². The van der Waals surface area contributed by atoms with Crippen LogP contribution in [-0.2, 0) is 0 Å². The van der Waals surface area contributed by atoms with Gasteiger partial charge in [-0.15, -0.1) is 0 Å². The number of pyridine rings is 1. The fourth-order valence-corrected chi connectivity index (χ4v) is 2.43. The van der Waals surface area contributed by atoms with Crippen LogP contribution in [0.1, 0.15) is 5.56 Å². The predicted molar refractivity (Wildman–Crippen MR) is 75.4 cm³/mol. The number of benzene rings is 1. The standard InChI is InChI=1S/C14H10Cl2N2/c1-9-6-7-18-12(8-9)13(16)17-14(18)10-4-2-3-5-11(10)15/h2-8H,1H3. The third-order valence-corrected chi connectivity index (χ3v) is 3.48. The van der Waals surface area contributed by atoms with Crippen LogP contribution in [0.3, 0.4) is 0 Å². The SMILES string of the molecule is Cc1ccn2c(-c3ccccc3Cl)nc(Cl)c2c1. The van der Waals surface area contributed by atoms with Crippen LogP contribution in [-0.4, -0.2) is 9.38 Å². The molecular formula is C14H10Cl2N2. The van der Waals surface area contributed by atoms with Crippen LogP contribution in [0.2, 0.25) is 10.2 Å². The molecule has 0 fully saturated rings. The molecule has 0 atom stereocenters. The molecule has 0 N–H and O–H groups in total. The van der Waals surface area contributed by atoms with Gasteiger partial charge in [0.25, 0.3) is 0 Å². The van der Waals surface area contributed by atoms with Gasteiger partial charge >= 0.3 is 0 Å². The van der Waals surface area contributed by atoms with Crippen molar-refractivity contribution in [3.05, 3.63) is 58.3 Å². The Bertz CT molecular complexity index is 732. The Labute approximate surface area is 115 Å². The molecule has 0 saturated heterocycles. The van der Waals surface area contributed by atoms with Gasteiger partial charge < -0.3 is 0 Å². The molecule has 0 aliphatic heterocycles. The first-order chi connectivity index (χ1) is 8.66. The van der Waals surface area contributed by atoms with E-state index < -0.39 is 0 Å². The average Bonchev–Trinajstić information content (AvgIpc) is 2.67. The molecule has 0 saturated carbocycles. The molecule has 0 aliphatic rings. The molecule has 2 nitrogen and oxygen atoms in total. The van der Waals surface area contributed by atoms with Crippen LogP contribution < -0.4 is 0 Å². The van der Waals surface area contributed by atoms with Crippen LogP contribution in [0.25, 0.3) is 16.9 Å². The zero-order valence-electron chi connectivity index (χ0n) is 9.69. The smallest absolute Gasteiger partial charge is 0.155 e. The number of aromatic nitrogens is 2. The minimum Gasteiger partial charge on any atom is -0.298 e. The van der Waals surface area contributed by atoms with Gasteiger partial charge in [-0.05, 0) is 36.8 Å². The maximum atomic E-state index is 6.20. The fourth-order valence-electron chi connectivity index (χ4n) is 1.99. The van der Waals surface area contributed by atoms with E-state index in [1.165, 1.54) is 0 Å². The summed E-state index contributed by atoms with van der Waals surface area (Å²) in [6.07, 6.45) is 1.96. The summed E-state index contributed by atoms with van der Waals surface area (Å²) in [7, 11) is 0. The molecule has 90 valence electrons. The quantitative estimate of drug-likeness (QED) is 0.634. The Morgan fingerprint density at radius 3 is 2.67 bits per heavy atom. The zero-order valence-corrected chi connectivity index (χ0v) is 11.2. The van der Waals surface area contributed by atoms with Crippen LogP contribution in [0.15, 0.2) is 42.6 Å². The lowest BCUT2D eigenvalue weighted by atomic mass is 10.2. The summed E-state index contributed by atoms with van der Waals surface area (Å²) in [5.41, 5.74) is 2.92. The third kappa shape index (κ3) is 1.78. The van der Waals surface area contributed by atoms with Crippen molar-refractivity contribution in [1.29, 1.82) is 0 Å². The van der Waals surface area contributed by atoms with Crippen molar-refractivity contribution in [1.82, 2.24) is 9.38 Å². The van der Waals surface area contributed by atoms with E-state index in [1.807, 2.05) is 53.9 Å². The van der Waals surface area contributed by atoms with Gasteiger partial charge in [0.2, 0.25) is 0 Å². The molecule has 18 heavy (non-hydrogen) atoms.